The summed E-state index contributed by atoms with van der Waals surface area (Å²) in [7, 11) is 0. The van der Waals surface area contributed by atoms with Gasteiger partial charge in [-0.25, -0.2) is 19.9 Å². The number of benzene rings is 1. The molecular formula is C25H18N8O. The molecule has 4 heterocycles. The normalized spacial score (nSPS) is 10.7. The number of hydrogen-bond acceptors (Lipinski definition) is 7. The topological polar surface area (TPSA) is 135 Å². The zero-order valence-electron chi connectivity index (χ0n) is 17.9. The van der Waals surface area contributed by atoms with Gasteiger partial charge in [-0.3, -0.25) is 9.36 Å². The maximum atomic E-state index is 12.4. The average Bonchev–Trinajstić information content (AvgIpc) is 3.27. The molecule has 164 valence electrons. The van der Waals surface area contributed by atoms with Crippen LogP contribution in [0.5, 0.6) is 0 Å². The van der Waals surface area contributed by atoms with E-state index >= 15 is 0 Å². The Kier molecular flexibility index (Phi) is 5.38. The lowest BCUT2D eigenvalue weighted by molar-refractivity contribution is 0.0950. The van der Waals surface area contributed by atoms with E-state index in [0.717, 1.165) is 16.8 Å². The van der Waals surface area contributed by atoms with Crippen molar-refractivity contribution in [2.75, 3.05) is 5.73 Å². The molecule has 0 aliphatic heterocycles. The molecule has 0 fully saturated rings. The number of carbonyl (C=O) groups is 1. The zero-order chi connectivity index (χ0) is 23.5. The van der Waals surface area contributed by atoms with Crippen molar-refractivity contribution < 1.29 is 4.79 Å². The van der Waals surface area contributed by atoms with Crippen molar-refractivity contribution in [3.63, 3.8) is 0 Å². The van der Waals surface area contributed by atoms with E-state index in [0.29, 0.717) is 35.0 Å². The third-order valence-corrected chi connectivity index (χ3v) is 5.28. The highest BCUT2D eigenvalue weighted by Gasteiger charge is 2.17. The van der Waals surface area contributed by atoms with Crippen molar-refractivity contribution in [3.8, 4) is 23.1 Å². The van der Waals surface area contributed by atoms with E-state index in [1.165, 1.54) is 12.3 Å². The molecule has 0 unspecified atom stereocenters. The number of nitrogens with zero attached hydrogens (tertiary/aromatic N) is 6. The fourth-order valence-corrected chi connectivity index (χ4v) is 3.59. The lowest BCUT2D eigenvalue weighted by atomic mass is 10.1. The summed E-state index contributed by atoms with van der Waals surface area (Å²) in [5, 5.41) is 11.7. The second-order valence-electron chi connectivity index (χ2n) is 7.45. The van der Waals surface area contributed by atoms with Crippen LogP contribution in [-0.2, 0) is 6.54 Å². The van der Waals surface area contributed by atoms with Crippen LogP contribution in [-0.4, -0.2) is 30.4 Å². The highest BCUT2D eigenvalue weighted by atomic mass is 16.1. The first-order valence-electron chi connectivity index (χ1n) is 10.4. The zero-order valence-corrected chi connectivity index (χ0v) is 17.9. The number of imidazole rings is 1. The highest BCUT2D eigenvalue weighted by molar-refractivity contribution is 5.93. The molecule has 0 aliphatic rings. The molecule has 9 nitrogen and oxygen atoms in total. The van der Waals surface area contributed by atoms with Crippen molar-refractivity contribution in [2.24, 2.45) is 0 Å². The lowest BCUT2D eigenvalue weighted by Gasteiger charge is -2.11. The number of anilines is 1. The summed E-state index contributed by atoms with van der Waals surface area (Å²) in [4.78, 5) is 29.8. The van der Waals surface area contributed by atoms with Gasteiger partial charge in [0.25, 0.3) is 5.91 Å². The van der Waals surface area contributed by atoms with Crippen LogP contribution in [0, 0.1) is 11.3 Å². The quantitative estimate of drug-likeness (QED) is 0.423. The van der Waals surface area contributed by atoms with Gasteiger partial charge < -0.3 is 11.1 Å². The van der Waals surface area contributed by atoms with Gasteiger partial charge >= 0.3 is 0 Å². The van der Waals surface area contributed by atoms with E-state index in [2.05, 4.69) is 20.3 Å². The molecule has 0 bridgehead atoms. The minimum atomic E-state index is -0.264. The Labute approximate surface area is 194 Å². The number of nitrogens with one attached hydrogen (secondary N) is 1. The Hall–Kier alpha value is -5.10. The Morgan fingerprint density at radius 3 is 2.53 bits per heavy atom. The number of nitrogen functional groups attached to an aromatic ring is 1. The Morgan fingerprint density at radius 2 is 1.79 bits per heavy atom. The third kappa shape index (κ3) is 3.91. The standard InChI is InChI=1S/C25H18N8O/c26-13-18-8-7-17(15-30-18)25(34)31-14-16-5-9-19(10-6-16)33-23(20-3-1-11-28-22(20)27)32-21-4-2-12-29-24(21)33/h1-12,15H,14H2,(H2,27,28)(H,31,34). The first kappa shape index (κ1) is 20.8. The van der Waals surface area contributed by atoms with Crippen LogP contribution in [0.1, 0.15) is 21.6 Å². The third-order valence-electron chi connectivity index (χ3n) is 5.28. The molecule has 0 saturated carbocycles. The summed E-state index contributed by atoms with van der Waals surface area (Å²) in [6, 6.07) is 20.2. The number of nitrogens with two attached hydrogens (primary N) is 1. The predicted molar refractivity (Wildman–Crippen MR) is 127 cm³/mol. The van der Waals surface area contributed by atoms with Gasteiger partial charge in [-0.15, -0.1) is 0 Å². The number of amides is 1. The molecular weight excluding hydrogens is 428 g/mol. The van der Waals surface area contributed by atoms with Gasteiger partial charge in [-0.2, -0.15) is 5.26 Å². The number of carbonyl (C=O) groups excluding carboxylic acids is 1. The van der Waals surface area contributed by atoms with Gasteiger partial charge in [-0.05, 0) is 54.1 Å². The number of aromatic nitrogens is 5. The lowest BCUT2D eigenvalue weighted by Crippen LogP contribution is -2.22. The molecule has 3 N–H and O–H groups in total. The summed E-state index contributed by atoms with van der Waals surface area (Å²) < 4.78 is 1.94. The molecule has 0 spiro atoms. The fourth-order valence-electron chi connectivity index (χ4n) is 3.59. The van der Waals surface area contributed by atoms with Gasteiger partial charge in [0, 0.05) is 30.8 Å². The van der Waals surface area contributed by atoms with Crippen molar-refractivity contribution >= 4 is 22.9 Å². The van der Waals surface area contributed by atoms with Gasteiger partial charge in [0.15, 0.2) is 11.5 Å². The molecule has 0 atom stereocenters. The Balaban J connectivity index is 1.42. The van der Waals surface area contributed by atoms with E-state index in [1.807, 2.05) is 59.2 Å². The first-order chi connectivity index (χ1) is 16.6. The summed E-state index contributed by atoms with van der Waals surface area (Å²) in [5.74, 6) is 0.768. The minimum absolute atomic E-state index is 0.264. The van der Waals surface area contributed by atoms with E-state index in [1.54, 1.807) is 18.5 Å². The molecule has 1 amide bonds. The van der Waals surface area contributed by atoms with E-state index in [9.17, 15) is 4.79 Å². The van der Waals surface area contributed by atoms with Crippen LogP contribution in [0.15, 0.2) is 79.3 Å². The van der Waals surface area contributed by atoms with E-state index in [4.69, 9.17) is 16.0 Å². The molecule has 0 radical (unpaired) electrons. The average molecular weight is 446 g/mol. The van der Waals surface area contributed by atoms with Gasteiger partial charge in [0.1, 0.15) is 23.1 Å². The number of rotatable bonds is 5. The van der Waals surface area contributed by atoms with Gasteiger partial charge in [0.05, 0.1) is 11.1 Å². The maximum absolute atomic E-state index is 12.4. The smallest absolute Gasteiger partial charge is 0.253 e. The summed E-state index contributed by atoms with van der Waals surface area (Å²) in [6.07, 6.45) is 4.75. The Morgan fingerprint density at radius 1 is 1.00 bits per heavy atom. The maximum Gasteiger partial charge on any atom is 0.253 e. The molecule has 5 aromatic rings. The SMILES string of the molecule is N#Cc1ccc(C(=O)NCc2ccc(-n3c(-c4cccnc4N)nc4cccnc43)cc2)cn1. The molecule has 0 aliphatic carbocycles. The number of nitriles is 1. The number of hydrogen-bond donors (Lipinski definition) is 2. The van der Waals surface area contributed by atoms with Crippen molar-refractivity contribution in [1.82, 2.24) is 29.8 Å². The monoisotopic (exact) mass is 446 g/mol. The number of fused-ring (bicyclic) bond motifs is 1. The molecule has 0 saturated heterocycles. The van der Waals surface area contributed by atoms with E-state index < -0.39 is 0 Å². The van der Waals surface area contributed by atoms with Crippen LogP contribution >= 0.6 is 0 Å². The van der Waals surface area contributed by atoms with Crippen LogP contribution in [0.2, 0.25) is 0 Å². The van der Waals surface area contributed by atoms with Crippen molar-refractivity contribution in [3.05, 3.63) is 96.1 Å². The minimum Gasteiger partial charge on any atom is -0.383 e. The summed E-state index contributed by atoms with van der Waals surface area (Å²) in [6.45, 7) is 0.338. The largest absolute Gasteiger partial charge is 0.383 e. The molecule has 4 aromatic heterocycles. The predicted octanol–water partition coefficient (Wildman–Crippen LogP) is 3.26. The van der Waals surface area contributed by atoms with Crippen molar-refractivity contribution in [2.45, 2.75) is 6.54 Å². The van der Waals surface area contributed by atoms with Crippen LogP contribution in [0.3, 0.4) is 0 Å². The van der Waals surface area contributed by atoms with Crippen molar-refractivity contribution in [1.29, 1.82) is 5.26 Å². The van der Waals surface area contributed by atoms with Gasteiger partial charge in [-0.1, -0.05) is 12.1 Å². The second kappa shape index (κ2) is 8.80. The first-order valence-corrected chi connectivity index (χ1v) is 10.4. The molecule has 1 aromatic carbocycles. The highest BCUT2D eigenvalue weighted by Crippen LogP contribution is 2.30. The molecule has 9 heteroatoms. The Bertz CT molecular complexity index is 1530. The van der Waals surface area contributed by atoms with Crippen LogP contribution in [0.4, 0.5) is 5.82 Å². The molecule has 34 heavy (non-hydrogen) atoms. The second-order valence-corrected chi connectivity index (χ2v) is 7.45. The summed E-state index contributed by atoms with van der Waals surface area (Å²) >= 11 is 0. The molecule has 5 rings (SSSR count). The fraction of sp³-hybridized carbons (Fsp3) is 0.0400. The number of pyridine rings is 3. The van der Waals surface area contributed by atoms with Gasteiger partial charge in [0.2, 0.25) is 0 Å². The summed E-state index contributed by atoms with van der Waals surface area (Å²) in [5.41, 5.74) is 10.7. The van der Waals surface area contributed by atoms with Crippen LogP contribution < -0.4 is 11.1 Å². The van der Waals surface area contributed by atoms with E-state index in [-0.39, 0.29) is 11.6 Å². The van der Waals surface area contributed by atoms with Crippen LogP contribution in [0.25, 0.3) is 28.2 Å².